The van der Waals surface area contributed by atoms with Crippen molar-refractivity contribution >= 4 is 12.6 Å². The molecule has 0 bridgehead atoms. The first-order valence-electron chi connectivity index (χ1n) is 6.44. The van der Waals surface area contributed by atoms with Gasteiger partial charge in [-0.1, -0.05) is 42.5 Å². The van der Waals surface area contributed by atoms with E-state index >= 15 is 0 Å². The maximum absolute atomic E-state index is 13.7. The van der Waals surface area contributed by atoms with Crippen molar-refractivity contribution in [3.8, 4) is 11.1 Å². The molecule has 0 aromatic heterocycles. The van der Waals surface area contributed by atoms with E-state index in [2.05, 4.69) is 0 Å². The molecular formula is C15H12BF3O2. The molecule has 6 heteroatoms. The summed E-state index contributed by atoms with van der Waals surface area (Å²) in [7, 11) is -1.79. The summed E-state index contributed by atoms with van der Waals surface area (Å²) < 4.78 is 41.1. The van der Waals surface area contributed by atoms with Crippen LogP contribution in [0.2, 0.25) is 0 Å². The van der Waals surface area contributed by atoms with Gasteiger partial charge in [0, 0.05) is 0 Å². The predicted octanol–water partition coefficient (Wildman–Crippen LogP) is 2.22. The highest BCUT2D eigenvalue weighted by molar-refractivity contribution is 6.58. The molecule has 2 aromatic carbocycles. The standard InChI is InChI=1S/C15H12BF3O2/c1-14(15(17,18)19)12-5-3-2-4-10(12)11-7-6-9(16(20)21)8-13(11)14/h2-8,20-21H,1H3. The van der Waals surface area contributed by atoms with Crippen LogP contribution in [-0.2, 0) is 5.41 Å². The second kappa shape index (κ2) is 4.35. The maximum Gasteiger partial charge on any atom is 0.488 e. The topological polar surface area (TPSA) is 40.5 Å². The second-order valence-electron chi connectivity index (χ2n) is 5.35. The van der Waals surface area contributed by atoms with E-state index in [9.17, 15) is 23.2 Å². The highest BCUT2D eigenvalue weighted by Crippen LogP contribution is 2.55. The van der Waals surface area contributed by atoms with Gasteiger partial charge in [-0.05, 0) is 34.6 Å². The van der Waals surface area contributed by atoms with Crippen molar-refractivity contribution in [1.29, 1.82) is 0 Å². The fourth-order valence-corrected chi connectivity index (χ4v) is 2.98. The van der Waals surface area contributed by atoms with E-state index in [-0.39, 0.29) is 16.6 Å². The molecule has 2 N–H and O–H groups in total. The minimum absolute atomic E-state index is 0.0528. The van der Waals surface area contributed by atoms with Crippen LogP contribution in [0, 0.1) is 0 Å². The summed E-state index contributed by atoms with van der Waals surface area (Å²) in [6, 6.07) is 10.6. The Hall–Kier alpha value is -1.79. The Labute approximate surface area is 120 Å². The lowest BCUT2D eigenvalue weighted by molar-refractivity contribution is -0.172. The van der Waals surface area contributed by atoms with Crippen LogP contribution in [0.15, 0.2) is 42.5 Å². The van der Waals surface area contributed by atoms with Crippen molar-refractivity contribution in [2.45, 2.75) is 18.5 Å². The highest BCUT2D eigenvalue weighted by Gasteiger charge is 2.58. The van der Waals surface area contributed by atoms with Gasteiger partial charge in [-0.2, -0.15) is 13.2 Å². The molecular weight excluding hydrogens is 280 g/mol. The fraction of sp³-hybridized carbons (Fsp3) is 0.200. The van der Waals surface area contributed by atoms with Crippen molar-refractivity contribution in [2.75, 3.05) is 0 Å². The van der Waals surface area contributed by atoms with Crippen LogP contribution in [0.3, 0.4) is 0 Å². The van der Waals surface area contributed by atoms with E-state index in [0.29, 0.717) is 11.1 Å². The zero-order valence-electron chi connectivity index (χ0n) is 11.1. The zero-order valence-corrected chi connectivity index (χ0v) is 11.1. The van der Waals surface area contributed by atoms with Crippen LogP contribution in [0.4, 0.5) is 13.2 Å². The van der Waals surface area contributed by atoms with Crippen LogP contribution >= 0.6 is 0 Å². The Morgan fingerprint density at radius 2 is 1.57 bits per heavy atom. The zero-order chi connectivity index (χ0) is 15.4. The van der Waals surface area contributed by atoms with Gasteiger partial charge in [-0.15, -0.1) is 0 Å². The number of alkyl halides is 3. The lowest BCUT2D eigenvalue weighted by Gasteiger charge is -2.30. The number of fused-ring (bicyclic) bond motifs is 3. The molecule has 0 spiro atoms. The van der Waals surface area contributed by atoms with Crippen LogP contribution in [0.25, 0.3) is 11.1 Å². The van der Waals surface area contributed by atoms with Crippen molar-refractivity contribution < 1.29 is 23.2 Å². The van der Waals surface area contributed by atoms with E-state index in [4.69, 9.17) is 0 Å². The van der Waals surface area contributed by atoms with E-state index in [1.807, 2.05) is 0 Å². The molecule has 0 saturated heterocycles. The molecule has 1 aliphatic rings. The van der Waals surface area contributed by atoms with Crippen LogP contribution in [0.5, 0.6) is 0 Å². The second-order valence-corrected chi connectivity index (χ2v) is 5.35. The minimum atomic E-state index is -4.48. The first kappa shape index (κ1) is 14.2. The van der Waals surface area contributed by atoms with Crippen molar-refractivity contribution in [2.24, 2.45) is 0 Å². The summed E-state index contributed by atoms with van der Waals surface area (Å²) in [5.74, 6) is 0. The SMILES string of the molecule is CC1(C(F)(F)F)c2ccccc2-c2ccc(B(O)O)cc21. The molecule has 1 aliphatic carbocycles. The van der Waals surface area contributed by atoms with E-state index in [1.54, 1.807) is 18.2 Å². The Bertz CT molecular complexity index is 712. The Morgan fingerprint density at radius 1 is 0.952 bits per heavy atom. The minimum Gasteiger partial charge on any atom is -0.423 e. The lowest BCUT2D eigenvalue weighted by atomic mass is 9.74. The van der Waals surface area contributed by atoms with Crippen LogP contribution in [0.1, 0.15) is 18.1 Å². The van der Waals surface area contributed by atoms with E-state index < -0.39 is 18.7 Å². The monoisotopic (exact) mass is 292 g/mol. The quantitative estimate of drug-likeness (QED) is 0.791. The summed E-state index contributed by atoms with van der Waals surface area (Å²) in [4.78, 5) is 0. The maximum atomic E-state index is 13.7. The van der Waals surface area contributed by atoms with E-state index in [0.717, 1.165) is 6.92 Å². The summed E-state index contributed by atoms with van der Waals surface area (Å²) in [5.41, 5.74) is -0.832. The van der Waals surface area contributed by atoms with E-state index in [1.165, 1.54) is 24.3 Å². The number of hydrogen-bond donors (Lipinski definition) is 2. The number of halogens is 3. The number of benzene rings is 2. The Balaban J connectivity index is 2.35. The molecule has 2 aromatic rings. The Morgan fingerprint density at radius 3 is 2.19 bits per heavy atom. The average Bonchev–Trinajstić information content (AvgIpc) is 2.70. The number of hydrogen-bond acceptors (Lipinski definition) is 2. The third kappa shape index (κ3) is 1.83. The normalized spacial score (nSPS) is 20.1. The first-order valence-corrected chi connectivity index (χ1v) is 6.44. The average molecular weight is 292 g/mol. The van der Waals surface area contributed by atoms with Gasteiger partial charge in [0.1, 0.15) is 5.41 Å². The third-order valence-electron chi connectivity index (χ3n) is 4.20. The molecule has 0 radical (unpaired) electrons. The van der Waals surface area contributed by atoms with Gasteiger partial charge in [0.2, 0.25) is 0 Å². The molecule has 2 nitrogen and oxygen atoms in total. The summed E-state index contributed by atoms with van der Waals surface area (Å²) in [6.07, 6.45) is -4.48. The molecule has 0 heterocycles. The predicted molar refractivity (Wildman–Crippen MR) is 74.2 cm³/mol. The first-order chi connectivity index (χ1) is 9.76. The van der Waals surface area contributed by atoms with Crippen LogP contribution < -0.4 is 5.46 Å². The van der Waals surface area contributed by atoms with Gasteiger partial charge < -0.3 is 10.0 Å². The molecule has 0 saturated carbocycles. The molecule has 108 valence electrons. The van der Waals surface area contributed by atoms with Gasteiger partial charge in [0.05, 0.1) is 0 Å². The third-order valence-corrected chi connectivity index (χ3v) is 4.20. The van der Waals surface area contributed by atoms with Crippen molar-refractivity contribution in [1.82, 2.24) is 0 Å². The molecule has 1 unspecified atom stereocenters. The van der Waals surface area contributed by atoms with Crippen molar-refractivity contribution in [3.05, 3.63) is 53.6 Å². The molecule has 21 heavy (non-hydrogen) atoms. The summed E-state index contributed by atoms with van der Waals surface area (Å²) >= 11 is 0. The lowest BCUT2D eigenvalue weighted by Crippen LogP contribution is -2.40. The highest BCUT2D eigenvalue weighted by atomic mass is 19.4. The molecule has 0 fully saturated rings. The molecule has 0 amide bonds. The van der Waals surface area contributed by atoms with Crippen molar-refractivity contribution in [3.63, 3.8) is 0 Å². The Kier molecular flexibility index (Phi) is 2.94. The molecule has 1 atom stereocenters. The van der Waals surface area contributed by atoms with Crippen LogP contribution in [-0.4, -0.2) is 23.3 Å². The molecule has 0 aliphatic heterocycles. The van der Waals surface area contributed by atoms with Gasteiger partial charge in [-0.3, -0.25) is 0 Å². The molecule has 3 rings (SSSR count). The summed E-state index contributed by atoms with van der Waals surface area (Å²) in [5, 5.41) is 18.4. The van der Waals surface area contributed by atoms with Gasteiger partial charge in [0.15, 0.2) is 0 Å². The fourth-order valence-electron chi connectivity index (χ4n) is 2.98. The van der Waals surface area contributed by atoms with Gasteiger partial charge >= 0.3 is 13.3 Å². The smallest absolute Gasteiger partial charge is 0.423 e. The number of rotatable bonds is 1. The van der Waals surface area contributed by atoms with Gasteiger partial charge in [-0.25, -0.2) is 0 Å². The van der Waals surface area contributed by atoms with Gasteiger partial charge in [0.25, 0.3) is 0 Å². The summed E-state index contributed by atoms with van der Waals surface area (Å²) in [6.45, 7) is 1.13. The largest absolute Gasteiger partial charge is 0.488 e.